The molecule has 1 aliphatic heterocycles. The van der Waals surface area contributed by atoms with Gasteiger partial charge in [0.2, 0.25) is 5.91 Å². The summed E-state index contributed by atoms with van der Waals surface area (Å²) in [6.45, 7) is 0. The van der Waals surface area contributed by atoms with E-state index in [4.69, 9.17) is 0 Å². The van der Waals surface area contributed by atoms with Crippen LogP contribution in [-0.2, 0) is 4.79 Å². The smallest absolute Gasteiger partial charge is 0.228 e. The van der Waals surface area contributed by atoms with E-state index in [2.05, 4.69) is 5.32 Å². The molecule has 0 aliphatic carbocycles. The molecule has 1 N–H and O–H groups in total. The van der Waals surface area contributed by atoms with Gasteiger partial charge in [-0.1, -0.05) is 30.3 Å². The van der Waals surface area contributed by atoms with Gasteiger partial charge in [0.05, 0.1) is 6.42 Å². The van der Waals surface area contributed by atoms with Crippen LogP contribution in [0, 0.1) is 0 Å². The van der Waals surface area contributed by atoms with E-state index in [0.717, 1.165) is 11.1 Å². The summed E-state index contributed by atoms with van der Waals surface area (Å²) in [4.78, 5) is 10.9. The molecule has 2 heteroatoms. The van der Waals surface area contributed by atoms with Crippen molar-refractivity contribution in [2.24, 2.45) is 0 Å². The molecule has 0 fully saturated rings. The van der Waals surface area contributed by atoms with Crippen molar-refractivity contribution in [2.45, 2.75) is 6.42 Å². The quantitative estimate of drug-likeness (QED) is 0.661. The number of carbonyl (C=O) groups excluding carboxylic acids is 1. The maximum atomic E-state index is 10.9. The number of carbonyl (C=O) groups is 1. The molecule has 2 rings (SSSR count). The molecular formula is C10H9NO. The van der Waals surface area contributed by atoms with Crippen LogP contribution in [0.15, 0.2) is 36.5 Å². The van der Waals surface area contributed by atoms with Gasteiger partial charge < -0.3 is 5.32 Å². The van der Waals surface area contributed by atoms with Crippen LogP contribution in [0.3, 0.4) is 0 Å². The zero-order valence-corrected chi connectivity index (χ0v) is 6.58. The van der Waals surface area contributed by atoms with Gasteiger partial charge in [-0.25, -0.2) is 0 Å². The summed E-state index contributed by atoms with van der Waals surface area (Å²) in [6.07, 6.45) is 2.28. The topological polar surface area (TPSA) is 29.1 Å². The van der Waals surface area contributed by atoms with Crippen LogP contribution < -0.4 is 5.32 Å². The Kier molecular flexibility index (Phi) is 1.67. The van der Waals surface area contributed by atoms with Crippen LogP contribution in [0.25, 0.3) is 5.57 Å². The van der Waals surface area contributed by atoms with Crippen LogP contribution in [0.4, 0.5) is 0 Å². The predicted octanol–water partition coefficient (Wildman–Crippen LogP) is 1.55. The monoisotopic (exact) mass is 159 g/mol. The molecule has 60 valence electrons. The van der Waals surface area contributed by atoms with E-state index in [9.17, 15) is 4.79 Å². The standard InChI is InChI=1S/C10H9NO/c12-10-6-9(7-11-10)8-4-2-1-3-5-8/h1-5,7H,6H2,(H,11,12). The molecule has 1 amide bonds. The van der Waals surface area contributed by atoms with Crippen LogP contribution >= 0.6 is 0 Å². The zero-order chi connectivity index (χ0) is 8.39. The van der Waals surface area contributed by atoms with Gasteiger partial charge in [-0.05, 0) is 11.1 Å². The molecule has 0 saturated carbocycles. The fraction of sp³-hybridized carbons (Fsp3) is 0.100. The maximum Gasteiger partial charge on any atom is 0.228 e. The van der Waals surface area contributed by atoms with Crippen molar-refractivity contribution in [1.82, 2.24) is 5.32 Å². The molecule has 1 aromatic carbocycles. The molecule has 12 heavy (non-hydrogen) atoms. The number of benzene rings is 1. The van der Waals surface area contributed by atoms with E-state index in [0.29, 0.717) is 6.42 Å². The average molecular weight is 159 g/mol. The van der Waals surface area contributed by atoms with E-state index in [-0.39, 0.29) is 5.91 Å². The Morgan fingerprint density at radius 3 is 2.50 bits per heavy atom. The lowest BCUT2D eigenvalue weighted by atomic mass is 10.1. The van der Waals surface area contributed by atoms with Crippen LogP contribution in [0.2, 0.25) is 0 Å². The van der Waals surface area contributed by atoms with E-state index >= 15 is 0 Å². The molecule has 0 atom stereocenters. The van der Waals surface area contributed by atoms with Crippen molar-refractivity contribution < 1.29 is 4.79 Å². The molecule has 2 nitrogen and oxygen atoms in total. The highest BCUT2D eigenvalue weighted by Crippen LogP contribution is 2.19. The van der Waals surface area contributed by atoms with Crippen LogP contribution in [0.5, 0.6) is 0 Å². The van der Waals surface area contributed by atoms with Gasteiger partial charge in [0, 0.05) is 6.20 Å². The first-order valence-electron chi connectivity index (χ1n) is 3.90. The third-order valence-electron chi connectivity index (χ3n) is 1.90. The average Bonchev–Trinajstić information content (AvgIpc) is 2.54. The fourth-order valence-corrected chi connectivity index (χ4v) is 1.28. The molecule has 0 spiro atoms. The molecule has 1 aromatic rings. The van der Waals surface area contributed by atoms with E-state index in [1.165, 1.54) is 0 Å². The molecule has 0 radical (unpaired) electrons. The van der Waals surface area contributed by atoms with Gasteiger partial charge in [-0.2, -0.15) is 0 Å². The lowest BCUT2D eigenvalue weighted by Crippen LogP contribution is -2.08. The molecule has 1 aliphatic rings. The van der Waals surface area contributed by atoms with Gasteiger partial charge in [0.15, 0.2) is 0 Å². The van der Waals surface area contributed by atoms with E-state index in [1.807, 2.05) is 30.3 Å². The Morgan fingerprint density at radius 1 is 1.17 bits per heavy atom. The molecule has 0 unspecified atom stereocenters. The summed E-state index contributed by atoms with van der Waals surface area (Å²) in [5.41, 5.74) is 2.19. The lowest BCUT2D eigenvalue weighted by molar-refractivity contribution is -0.118. The SMILES string of the molecule is O=C1CC(c2ccccc2)=CN1. The van der Waals surface area contributed by atoms with Gasteiger partial charge in [0.25, 0.3) is 0 Å². The van der Waals surface area contributed by atoms with Gasteiger partial charge >= 0.3 is 0 Å². The van der Waals surface area contributed by atoms with Gasteiger partial charge in [-0.15, -0.1) is 0 Å². The molecular weight excluding hydrogens is 150 g/mol. The van der Waals surface area contributed by atoms with Crippen molar-refractivity contribution in [3.8, 4) is 0 Å². The van der Waals surface area contributed by atoms with Gasteiger partial charge in [-0.3, -0.25) is 4.79 Å². The number of nitrogens with one attached hydrogen (secondary N) is 1. The summed E-state index contributed by atoms with van der Waals surface area (Å²) in [5.74, 6) is 0.0776. The molecule has 0 saturated heterocycles. The first-order chi connectivity index (χ1) is 5.86. The Balaban J connectivity index is 2.28. The minimum absolute atomic E-state index is 0.0776. The zero-order valence-electron chi connectivity index (χ0n) is 6.58. The summed E-state index contributed by atoms with van der Waals surface area (Å²) in [7, 11) is 0. The van der Waals surface area contributed by atoms with Crippen LogP contribution in [-0.4, -0.2) is 5.91 Å². The highest BCUT2D eigenvalue weighted by Gasteiger charge is 2.12. The molecule has 1 heterocycles. The molecule has 0 bridgehead atoms. The third-order valence-corrected chi connectivity index (χ3v) is 1.90. The van der Waals surface area contributed by atoms with Crippen molar-refractivity contribution in [2.75, 3.05) is 0 Å². The summed E-state index contributed by atoms with van der Waals surface area (Å²) in [5, 5.41) is 2.67. The predicted molar refractivity (Wildman–Crippen MR) is 47.2 cm³/mol. The number of rotatable bonds is 1. The minimum Gasteiger partial charge on any atom is -0.332 e. The largest absolute Gasteiger partial charge is 0.332 e. The Hall–Kier alpha value is -1.57. The normalized spacial score (nSPS) is 15.7. The summed E-state index contributed by atoms with van der Waals surface area (Å²) in [6, 6.07) is 9.92. The lowest BCUT2D eigenvalue weighted by Gasteiger charge is -1.97. The third kappa shape index (κ3) is 1.23. The second-order valence-electron chi connectivity index (χ2n) is 2.78. The van der Waals surface area contributed by atoms with Crippen molar-refractivity contribution >= 4 is 11.5 Å². The Labute approximate surface area is 70.9 Å². The summed E-state index contributed by atoms with van der Waals surface area (Å²) >= 11 is 0. The van der Waals surface area contributed by atoms with E-state index in [1.54, 1.807) is 6.20 Å². The summed E-state index contributed by atoms with van der Waals surface area (Å²) < 4.78 is 0. The van der Waals surface area contributed by atoms with Crippen LogP contribution in [0.1, 0.15) is 12.0 Å². The van der Waals surface area contributed by atoms with Crippen molar-refractivity contribution in [3.63, 3.8) is 0 Å². The van der Waals surface area contributed by atoms with Gasteiger partial charge in [0.1, 0.15) is 0 Å². The number of hydrogen-bond acceptors (Lipinski definition) is 1. The van der Waals surface area contributed by atoms with E-state index < -0.39 is 0 Å². The fourth-order valence-electron chi connectivity index (χ4n) is 1.28. The second kappa shape index (κ2) is 2.81. The number of hydrogen-bond donors (Lipinski definition) is 1. The molecule has 0 aromatic heterocycles. The Morgan fingerprint density at radius 2 is 1.92 bits per heavy atom. The Bertz CT molecular complexity index is 327. The first-order valence-corrected chi connectivity index (χ1v) is 3.90. The highest BCUT2D eigenvalue weighted by atomic mass is 16.1. The minimum atomic E-state index is 0.0776. The maximum absolute atomic E-state index is 10.9. The highest BCUT2D eigenvalue weighted by molar-refractivity contribution is 5.94. The second-order valence-corrected chi connectivity index (χ2v) is 2.78. The van der Waals surface area contributed by atoms with Crippen molar-refractivity contribution in [3.05, 3.63) is 42.1 Å². The number of amides is 1. The first kappa shape index (κ1) is 7.10. The van der Waals surface area contributed by atoms with Crippen molar-refractivity contribution in [1.29, 1.82) is 0 Å².